The Kier molecular flexibility index (Phi) is 8.38. The number of halogens is 2. The van der Waals surface area contributed by atoms with Crippen LogP contribution in [0.15, 0.2) is 18.2 Å². The molecule has 2 amide bonds. The third-order valence-electron chi connectivity index (χ3n) is 4.29. The number of carbonyl (C=O) groups excluding carboxylic acids is 2. The minimum absolute atomic E-state index is 0. The first-order valence-corrected chi connectivity index (χ1v) is 9.18. The monoisotopic (exact) mass is 401 g/mol. The molecule has 2 rings (SSSR count). The fourth-order valence-corrected chi connectivity index (χ4v) is 3.19. The summed E-state index contributed by atoms with van der Waals surface area (Å²) in [6, 6.07) is 5.34. The number of rotatable bonds is 4. The van der Waals surface area contributed by atoms with Gasteiger partial charge in [0.15, 0.2) is 0 Å². The highest BCUT2D eigenvalue weighted by atomic mass is 35.5. The molecular formula is C19H29Cl2N3O2. The van der Waals surface area contributed by atoms with E-state index in [1.165, 1.54) is 0 Å². The van der Waals surface area contributed by atoms with Crippen LogP contribution in [-0.2, 0) is 4.79 Å². The van der Waals surface area contributed by atoms with Crippen LogP contribution in [0.2, 0.25) is 5.02 Å². The van der Waals surface area contributed by atoms with E-state index in [0.717, 1.165) is 25.7 Å². The lowest BCUT2D eigenvalue weighted by Crippen LogP contribution is -2.40. The second-order valence-electron chi connectivity index (χ2n) is 8.07. The number of hydrogen-bond donors (Lipinski definition) is 3. The fourth-order valence-electron chi connectivity index (χ4n) is 2.99. The van der Waals surface area contributed by atoms with E-state index in [1.54, 1.807) is 18.2 Å². The van der Waals surface area contributed by atoms with Gasteiger partial charge in [-0.3, -0.25) is 9.59 Å². The molecule has 0 spiro atoms. The molecule has 0 aromatic heterocycles. The summed E-state index contributed by atoms with van der Waals surface area (Å²) in [5, 5.41) is 6.23. The van der Waals surface area contributed by atoms with Crippen LogP contribution in [0.4, 0.5) is 5.69 Å². The summed E-state index contributed by atoms with van der Waals surface area (Å²) in [4.78, 5) is 24.6. The van der Waals surface area contributed by atoms with Crippen molar-refractivity contribution < 1.29 is 9.59 Å². The number of amides is 2. The van der Waals surface area contributed by atoms with Crippen molar-refractivity contribution in [1.82, 2.24) is 5.32 Å². The minimum Gasteiger partial charge on any atom is -0.349 e. The SMILES string of the molecule is CC(C)(C)CC(=O)Nc1ccc(Cl)c(C(=O)NC2CCC(N)CC2)c1.Cl. The molecule has 7 heteroatoms. The quantitative estimate of drug-likeness (QED) is 0.708. The molecule has 1 aromatic carbocycles. The van der Waals surface area contributed by atoms with Crippen molar-refractivity contribution in [1.29, 1.82) is 0 Å². The first-order valence-electron chi connectivity index (χ1n) is 8.80. The summed E-state index contributed by atoms with van der Waals surface area (Å²) < 4.78 is 0. The first kappa shape index (κ1) is 22.7. The van der Waals surface area contributed by atoms with E-state index >= 15 is 0 Å². The van der Waals surface area contributed by atoms with Crippen LogP contribution in [0.3, 0.4) is 0 Å². The molecule has 0 unspecified atom stereocenters. The number of anilines is 1. The van der Waals surface area contributed by atoms with Crippen LogP contribution >= 0.6 is 24.0 Å². The summed E-state index contributed by atoms with van der Waals surface area (Å²) >= 11 is 6.18. The number of benzene rings is 1. The summed E-state index contributed by atoms with van der Waals surface area (Å²) in [6.45, 7) is 6.01. The summed E-state index contributed by atoms with van der Waals surface area (Å²) in [7, 11) is 0. The van der Waals surface area contributed by atoms with Gasteiger partial charge in [-0.05, 0) is 49.3 Å². The highest BCUT2D eigenvalue weighted by Crippen LogP contribution is 2.24. The van der Waals surface area contributed by atoms with E-state index in [4.69, 9.17) is 17.3 Å². The van der Waals surface area contributed by atoms with Crippen molar-refractivity contribution in [3.05, 3.63) is 28.8 Å². The Morgan fingerprint density at radius 1 is 1.19 bits per heavy atom. The molecule has 0 bridgehead atoms. The molecule has 5 nitrogen and oxygen atoms in total. The van der Waals surface area contributed by atoms with Gasteiger partial charge in [-0.2, -0.15) is 0 Å². The molecule has 0 aliphatic heterocycles. The molecule has 0 radical (unpaired) electrons. The molecule has 1 aromatic rings. The van der Waals surface area contributed by atoms with Crippen LogP contribution < -0.4 is 16.4 Å². The van der Waals surface area contributed by atoms with Crippen molar-refractivity contribution in [3.8, 4) is 0 Å². The van der Waals surface area contributed by atoms with E-state index < -0.39 is 0 Å². The zero-order valence-corrected chi connectivity index (χ0v) is 17.2. The van der Waals surface area contributed by atoms with Gasteiger partial charge in [-0.1, -0.05) is 32.4 Å². The Hall–Kier alpha value is -1.30. The molecule has 1 fully saturated rings. The van der Waals surface area contributed by atoms with Gasteiger partial charge in [0.1, 0.15) is 0 Å². The van der Waals surface area contributed by atoms with Crippen molar-refractivity contribution >= 4 is 41.5 Å². The molecule has 1 saturated carbocycles. The zero-order valence-electron chi connectivity index (χ0n) is 15.6. The molecular weight excluding hydrogens is 373 g/mol. The van der Waals surface area contributed by atoms with Crippen molar-refractivity contribution in [2.24, 2.45) is 11.1 Å². The maximum atomic E-state index is 12.5. The van der Waals surface area contributed by atoms with Gasteiger partial charge < -0.3 is 16.4 Å². The van der Waals surface area contributed by atoms with E-state index in [-0.39, 0.29) is 41.7 Å². The number of hydrogen-bond acceptors (Lipinski definition) is 3. The lowest BCUT2D eigenvalue weighted by Gasteiger charge is -2.27. The third-order valence-corrected chi connectivity index (χ3v) is 4.62. The smallest absolute Gasteiger partial charge is 0.253 e. The Labute approximate surface area is 166 Å². The Morgan fingerprint density at radius 3 is 2.38 bits per heavy atom. The molecule has 1 aliphatic carbocycles. The normalized spacial score (nSPS) is 20.0. The van der Waals surface area contributed by atoms with Gasteiger partial charge >= 0.3 is 0 Å². The van der Waals surface area contributed by atoms with E-state index in [0.29, 0.717) is 22.7 Å². The Balaban J connectivity index is 0.00000338. The van der Waals surface area contributed by atoms with Gasteiger partial charge in [0.2, 0.25) is 5.91 Å². The van der Waals surface area contributed by atoms with Crippen molar-refractivity contribution in [3.63, 3.8) is 0 Å². The number of nitrogens with one attached hydrogen (secondary N) is 2. The predicted octanol–water partition coefficient (Wildman–Crippen LogP) is 4.14. The van der Waals surface area contributed by atoms with Crippen molar-refractivity contribution in [2.45, 2.75) is 65.0 Å². The van der Waals surface area contributed by atoms with Crippen LogP contribution in [0.5, 0.6) is 0 Å². The second-order valence-corrected chi connectivity index (χ2v) is 8.47. The molecule has 4 N–H and O–H groups in total. The second kappa shape index (κ2) is 9.58. The summed E-state index contributed by atoms with van der Waals surface area (Å²) in [5.74, 6) is -0.292. The van der Waals surface area contributed by atoms with Gasteiger partial charge in [0, 0.05) is 24.2 Å². The molecule has 0 atom stereocenters. The first-order chi connectivity index (χ1) is 11.6. The van der Waals surface area contributed by atoms with Gasteiger partial charge in [0.25, 0.3) is 5.91 Å². The van der Waals surface area contributed by atoms with Crippen molar-refractivity contribution in [2.75, 3.05) is 5.32 Å². The number of nitrogens with two attached hydrogens (primary N) is 1. The van der Waals surface area contributed by atoms with Gasteiger partial charge in [-0.15, -0.1) is 12.4 Å². The average Bonchev–Trinajstić information content (AvgIpc) is 2.49. The highest BCUT2D eigenvalue weighted by molar-refractivity contribution is 6.34. The van der Waals surface area contributed by atoms with E-state index in [9.17, 15) is 9.59 Å². The topological polar surface area (TPSA) is 84.2 Å². The van der Waals surface area contributed by atoms with Crippen LogP contribution in [0, 0.1) is 5.41 Å². The molecule has 26 heavy (non-hydrogen) atoms. The van der Waals surface area contributed by atoms with Gasteiger partial charge in [0.05, 0.1) is 10.6 Å². The maximum Gasteiger partial charge on any atom is 0.253 e. The van der Waals surface area contributed by atoms with E-state index in [2.05, 4.69) is 10.6 Å². The summed E-state index contributed by atoms with van der Waals surface area (Å²) in [6.07, 6.45) is 4.00. The van der Waals surface area contributed by atoms with E-state index in [1.807, 2.05) is 20.8 Å². The molecule has 0 saturated heterocycles. The lowest BCUT2D eigenvalue weighted by atomic mass is 9.91. The number of carbonyl (C=O) groups is 2. The lowest BCUT2D eigenvalue weighted by molar-refractivity contribution is -0.117. The predicted molar refractivity (Wildman–Crippen MR) is 109 cm³/mol. The largest absolute Gasteiger partial charge is 0.349 e. The van der Waals surface area contributed by atoms with Crippen LogP contribution in [-0.4, -0.2) is 23.9 Å². The average molecular weight is 402 g/mol. The molecule has 0 heterocycles. The Bertz CT molecular complexity index is 636. The maximum absolute atomic E-state index is 12.5. The zero-order chi connectivity index (χ0) is 18.6. The standard InChI is InChI=1S/C19H28ClN3O2.ClH/c1-19(2,3)11-17(24)22-14-8-9-16(20)15(10-14)18(25)23-13-6-4-12(21)5-7-13;/h8-10,12-13H,4-7,11,21H2,1-3H3,(H,22,24)(H,23,25);1H. The minimum atomic E-state index is -0.211. The Morgan fingerprint density at radius 2 is 1.81 bits per heavy atom. The molecule has 1 aliphatic rings. The molecule has 146 valence electrons. The van der Waals surface area contributed by atoms with Crippen LogP contribution in [0.1, 0.15) is 63.2 Å². The fraction of sp³-hybridized carbons (Fsp3) is 0.579. The van der Waals surface area contributed by atoms with Gasteiger partial charge in [-0.25, -0.2) is 0 Å². The third kappa shape index (κ3) is 7.14. The van der Waals surface area contributed by atoms with Crippen LogP contribution in [0.25, 0.3) is 0 Å². The highest BCUT2D eigenvalue weighted by Gasteiger charge is 2.22. The summed E-state index contributed by atoms with van der Waals surface area (Å²) in [5.41, 5.74) is 6.76.